The Labute approximate surface area is 136 Å². The van der Waals surface area contributed by atoms with E-state index in [1.165, 1.54) is 0 Å². The Balaban J connectivity index is 2.06. The van der Waals surface area contributed by atoms with E-state index in [2.05, 4.69) is 10.0 Å². The van der Waals surface area contributed by atoms with Gasteiger partial charge in [-0.2, -0.15) is 0 Å². The van der Waals surface area contributed by atoms with Crippen molar-refractivity contribution < 1.29 is 17.9 Å². The zero-order chi connectivity index (χ0) is 17.0. The van der Waals surface area contributed by atoms with Crippen LogP contribution in [0, 0.1) is 0 Å². The highest BCUT2D eigenvalue weighted by molar-refractivity contribution is 7.92. The summed E-state index contributed by atoms with van der Waals surface area (Å²) in [6.07, 6.45) is 1.94. The second-order valence-electron chi connectivity index (χ2n) is 5.75. The second-order valence-corrected chi connectivity index (χ2v) is 7.50. The van der Waals surface area contributed by atoms with E-state index in [9.17, 15) is 13.2 Å². The molecule has 0 saturated carbocycles. The largest absolute Gasteiger partial charge is 0.364 e. The summed E-state index contributed by atoms with van der Waals surface area (Å²) in [6.45, 7) is 2.20. The summed E-state index contributed by atoms with van der Waals surface area (Å²) in [7, 11) is -3.39. The first-order chi connectivity index (χ1) is 10.8. The minimum absolute atomic E-state index is 0.0692. The summed E-state index contributed by atoms with van der Waals surface area (Å²) < 4.78 is 30.9. The molecule has 8 heteroatoms. The number of nitrogens with one attached hydrogen (secondary N) is 2. The number of anilines is 1. The van der Waals surface area contributed by atoms with E-state index in [1.807, 2.05) is 0 Å². The third kappa shape index (κ3) is 4.92. The highest BCUT2D eigenvalue weighted by atomic mass is 32.2. The van der Waals surface area contributed by atoms with Gasteiger partial charge in [0, 0.05) is 6.54 Å². The van der Waals surface area contributed by atoms with Gasteiger partial charge in [0.15, 0.2) is 0 Å². The zero-order valence-corrected chi connectivity index (χ0v) is 14.1. The predicted octanol–water partition coefficient (Wildman–Crippen LogP) is 0.742. The van der Waals surface area contributed by atoms with Gasteiger partial charge >= 0.3 is 0 Å². The maximum absolute atomic E-state index is 12.3. The number of hydrogen-bond acceptors (Lipinski definition) is 5. The van der Waals surface area contributed by atoms with Crippen LogP contribution in [-0.2, 0) is 19.6 Å². The number of nitrogens with two attached hydrogens (primary N) is 1. The van der Waals surface area contributed by atoms with Crippen LogP contribution in [0.2, 0.25) is 0 Å². The van der Waals surface area contributed by atoms with Gasteiger partial charge in [0.25, 0.3) is 0 Å². The van der Waals surface area contributed by atoms with Crippen molar-refractivity contribution in [1.82, 2.24) is 5.32 Å². The first kappa shape index (κ1) is 17.7. The molecule has 1 unspecified atom stereocenters. The van der Waals surface area contributed by atoms with Crippen LogP contribution in [0.5, 0.6) is 0 Å². The molecule has 0 spiro atoms. The third-order valence-corrected chi connectivity index (χ3v) is 4.33. The lowest BCUT2D eigenvalue weighted by atomic mass is 10.1. The molecule has 0 aromatic heterocycles. The number of amides is 1. The van der Waals surface area contributed by atoms with Gasteiger partial charge in [-0.05, 0) is 31.4 Å². The molecule has 1 heterocycles. The van der Waals surface area contributed by atoms with Crippen molar-refractivity contribution in [3.8, 4) is 0 Å². The van der Waals surface area contributed by atoms with E-state index in [4.69, 9.17) is 10.5 Å². The molecular weight excluding hydrogens is 318 g/mol. The molecule has 1 fully saturated rings. The van der Waals surface area contributed by atoms with Crippen molar-refractivity contribution >= 4 is 21.6 Å². The quantitative estimate of drug-likeness (QED) is 0.707. The summed E-state index contributed by atoms with van der Waals surface area (Å²) >= 11 is 0. The number of ether oxygens (including phenoxy) is 1. The molecule has 1 aliphatic rings. The minimum atomic E-state index is -3.39. The SMILES string of the molecule is CC(NC(=O)[C@@H]1CC[C@H](CN)O1)c1ccccc1NS(C)(=O)=O. The van der Waals surface area contributed by atoms with Crippen molar-refractivity contribution in [3.05, 3.63) is 29.8 Å². The van der Waals surface area contributed by atoms with Gasteiger partial charge in [0.1, 0.15) is 6.10 Å². The van der Waals surface area contributed by atoms with Crippen LogP contribution in [0.4, 0.5) is 5.69 Å². The number of hydrogen-bond donors (Lipinski definition) is 3. The fourth-order valence-corrected chi connectivity index (χ4v) is 3.21. The molecule has 1 aromatic carbocycles. The van der Waals surface area contributed by atoms with Crippen molar-refractivity contribution in [2.24, 2.45) is 5.73 Å². The Bertz CT molecular complexity index is 662. The molecule has 7 nitrogen and oxygen atoms in total. The summed E-state index contributed by atoms with van der Waals surface area (Å²) in [6, 6.07) is 6.61. The van der Waals surface area contributed by atoms with Crippen LogP contribution in [0.1, 0.15) is 31.4 Å². The third-order valence-electron chi connectivity index (χ3n) is 3.74. The van der Waals surface area contributed by atoms with Crippen LogP contribution in [0.25, 0.3) is 0 Å². The number of carbonyl (C=O) groups excluding carboxylic acids is 1. The predicted molar refractivity (Wildman–Crippen MR) is 88.4 cm³/mol. The Morgan fingerprint density at radius 3 is 2.70 bits per heavy atom. The number of carbonyl (C=O) groups is 1. The lowest BCUT2D eigenvalue weighted by Crippen LogP contribution is -2.37. The van der Waals surface area contributed by atoms with Crippen LogP contribution in [-0.4, -0.2) is 39.3 Å². The molecule has 1 aromatic rings. The first-order valence-electron chi connectivity index (χ1n) is 7.52. The maximum atomic E-state index is 12.3. The number of sulfonamides is 1. The molecule has 1 aliphatic heterocycles. The van der Waals surface area contributed by atoms with Gasteiger partial charge in [-0.1, -0.05) is 18.2 Å². The lowest BCUT2D eigenvalue weighted by molar-refractivity contribution is -0.132. The summed E-state index contributed by atoms with van der Waals surface area (Å²) in [5.41, 5.74) is 6.69. The molecule has 0 radical (unpaired) electrons. The summed E-state index contributed by atoms with van der Waals surface area (Å²) in [5.74, 6) is -0.206. The van der Waals surface area contributed by atoms with Crippen LogP contribution in [0.3, 0.4) is 0 Å². The van der Waals surface area contributed by atoms with E-state index in [0.29, 0.717) is 24.2 Å². The average Bonchev–Trinajstić information content (AvgIpc) is 2.95. The Kier molecular flexibility index (Phi) is 5.61. The van der Waals surface area contributed by atoms with Gasteiger partial charge in [-0.15, -0.1) is 0 Å². The van der Waals surface area contributed by atoms with Gasteiger partial charge in [0.2, 0.25) is 15.9 Å². The summed E-state index contributed by atoms with van der Waals surface area (Å²) in [4.78, 5) is 12.3. The van der Waals surface area contributed by atoms with Crippen molar-refractivity contribution in [1.29, 1.82) is 0 Å². The van der Waals surface area contributed by atoms with Gasteiger partial charge in [-0.25, -0.2) is 8.42 Å². The molecule has 1 amide bonds. The molecule has 1 saturated heterocycles. The fourth-order valence-electron chi connectivity index (χ4n) is 2.62. The monoisotopic (exact) mass is 341 g/mol. The first-order valence-corrected chi connectivity index (χ1v) is 9.42. The Morgan fingerprint density at radius 2 is 2.09 bits per heavy atom. The van der Waals surface area contributed by atoms with Crippen LogP contribution >= 0.6 is 0 Å². The molecule has 3 atom stereocenters. The van der Waals surface area contributed by atoms with Gasteiger partial charge in [0.05, 0.1) is 24.1 Å². The maximum Gasteiger partial charge on any atom is 0.249 e. The number of benzene rings is 1. The Hall–Kier alpha value is -1.64. The fraction of sp³-hybridized carbons (Fsp3) is 0.533. The summed E-state index contributed by atoms with van der Waals surface area (Å²) in [5, 5.41) is 2.87. The topological polar surface area (TPSA) is 111 Å². The van der Waals surface area contributed by atoms with E-state index in [-0.39, 0.29) is 18.1 Å². The second kappa shape index (κ2) is 7.29. The highest BCUT2D eigenvalue weighted by Gasteiger charge is 2.30. The van der Waals surface area contributed by atoms with Crippen molar-refractivity contribution in [2.75, 3.05) is 17.5 Å². The molecule has 0 aliphatic carbocycles. The average molecular weight is 341 g/mol. The number of rotatable bonds is 6. The van der Waals surface area contributed by atoms with Crippen LogP contribution < -0.4 is 15.8 Å². The lowest BCUT2D eigenvalue weighted by Gasteiger charge is -2.20. The number of para-hydroxylation sites is 1. The molecule has 23 heavy (non-hydrogen) atoms. The molecule has 128 valence electrons. The minimum Gasteiger partial charge on any atom is -0.364 e. The normalized spacial score (nSPS) is 22.6. The standard InChI is InChI=1S/C15H23N3O4S/c1-10(17-15(19)14-8-7-11(9-16)22-14)12-5-3-4-6-13(12)18-23(2,20)21/h3-6,10-11,14,18H,7-9,16H2,1-2H3,(H,17,19)/t10?,11-,14+/m1/s1. The van der Waals surface area contributed by atoms with Crippen LogP contribution in [0.15, 0.2) is 24.3 Å². The highest BCUT2D eigenvalue weighted by Crippen LogP contribution is 2.25. The van der Waals surface area contributed by atoms with E-state index in [1.54, 1.807) is 31.2 Å². The molecular formula is C15H23N3O4S. The van der Waals surface area contributed by atoms with E-state index >= 15 is 0 Å². The van der Waals surface area contributed by atoms with Gasteiger partial charge < -0.3 is 15.8 Å². The van der Waals surface area contributed by atoms with Crippen molar-refractivity contribution in [2.45, 2.75) is 38.0 Å². The molecule has 0 bridgehead atoms. The van der Waals surface area contributed by atoms with E-state index < -0.39 is 16.1 Å². The molecule has 2 rings (SSSR count). The van der Waals surface area contributed by atoms with Crippen molar-refractivity contribution in [3.63, 3.8) is 0 Å². The Morgan fingerprint density at radius 1 is 1.39 bits per heavy atom. The van der Waals surface area contributed by atoms with Gasteiger partial charge in [-0.3, -0.25) is 9.52 Å². The van der Waals surface area contributed by atoms with E-state index in [0.717, 1.165) is 12.7 Å². The zero-order valence-electron chi connectivity index (χ0n) is 13.3. The molecule has 4 N–H and O–H groups in total. The smallest absolute Gasteiger partial charge is 0.249 e.